The van der Waals surface area contributed by atoms with Gasteiger partial charge in [-0.05, 0) is 34.6 Å². The SMILES string of the molecule is COCc1cncc2c1CCN(S(=O)(=O)c1cccs1)C2. The Kier molecular flexibility index (Phi) is 4.08. The van der Waals surface area contributed by atoms with Gasteiger partial charge < -0.3 is 4.74 Å². The number of sulfonamides is 1. The van der Waals surface area contributed by atoms with E-state index in [1.54, 1.807) is 37.0 Å². The van der Waals surface area contributed by atoms with Crippen LogP contribution in [-0.2, 0) is 34.3 Å². The van der Waals surface area contributed by atoms with E-state index >= 15 is 0 Å². The molecule has 3 rings (SSSR count). The molecule has 5 nitrogen and oxygen atoms in total. The first-order chi connectivity index (χ1) is 10.1. The summed E-state index contributed by atoms with van der Waals surface area (Å²) >= 11 is 1.25. The van der Waals surface area contributed by atoms with E-state index in [0.29, 0.717) is 30.3 Å². The van der Waals surface area contributed by atoms with Gasteiger partial charge in [-0.15, -0.1) is 11.3 Å². The minimum atomic E-state index is -3.39. The Hall–Kier alpha value is -1.28. The van der Waals surface area contributed by atoms with Crippen LogP contribution in [0.2, 0.25) is 0 Å². The van der Waals surface area contributed by atoms with Crippen LogP contribution in [0.5, 0.6) is 0 Å². The molecule has 0 N–H and O–H groups in total. The Balaban J connectivity index is 1.90. The number of nitrogens with zero attached hydrogens (tertiary/aromatic N) is 2. The Morgan fingerprint density at radius 2 is 2.29 bits per heavy atom. The van der Waals surface area contributed by atoms with Crippen LogP contribution in [0.4, 0.5) is 0 Å². The fourth-order valence-corrected chi connectivity index (χ4v) is 5.13. The van der Waals surface area contributed by atoms with Crippen molar-refractivity contribution in [3.63, 3.8) is 0 Å². The first-order valence-electron chi connectivity index (χ1n) is 6.60. The molecule has 2 aromatic heterocycles. The van der Waals surface area contributed by atoms with Crippen molar-refractivity contribution in [1.82, 2.24) is 9.29 Å². The second-order valence-electron chi connectivity index (χ2n) is 4.89. The summed E-state index contributed by atoms with van der Waals surface area (Å²) in [5.41, 5.74) is 3.18. The Morgan fingerprint density at radius 1 is 1.43 bits per heavy atom. The van der Waals surface area contributed by atoms with Crippen molar-refractivity contribution in [2.45, 2.75) is 23.8 Å². The topological polar surface area (TPSA) is 59.5 Å². The molecule has 0 saturated carbocycles. The summed E-state index contributed by atoms with van der Waals surface area (Å²) in [6.45, 7) is 1.38. The van der Waals surface area contributed by atoms with Crippen LogP contribution >= 0.6 is 11.3 Å². The molecular formula is C14H16N2O3S2. The number of hydrogen-bond acceptors (Lipinski definition) is 5. The van der Waals surface area contributed by atoms with Gasteiger partial charge in [0.2, 0.25) is 0 Å². The smallest absolute Gasteiger partial charge is 0.252 e. The van der Waals surface area contributed by atoms with Crippen LogP contribution in [0.15, 0.2) is 34.1 Å². The molecule has 0 aromatic carbocycles. The largest absolute Gasteiger partial charge is 0.380 e. The second-order valence-corrected chi connectivity index (χ2v) is 8.00. The van der Waals surface area contributed by atoms with Crippen LogP contribution in [0.25, 0.3) is 0 Å². The van der Waals surface area contributed by atoms with Crippen molar-refractivity contribution >= 4 is 21.4 Å². The molecule has 0 unspecified atom stereocenters. The Morgan fingerprint density at radius 3 is 3.00 bits per heavy atom. The van der Waals surface area contributed by atoms with E-state index < -0.39 is 10.0 Å². The number of methoxy groups -OCH3 is 1. The van der Waals surface area contributed by atoms with Gasteiger partial charge in [-0.1, -0.05) is 6.07 Å². The molecule has 0 spiro atoms. The quantitative estimate of drug-likeness (QED) is 0.863. The zero-order chi connectivity index (χ0) is 14.9. The molecule has 21 heavy (non-hydrogen) atoms. The Labute approximate surface area is 128 Å². The summed E-state index contributed by atoms with van der Waals surface area (Å²) in [7, 11) is -1.75. The third-order valence-corrected chi connectivity index (χ3v) is 6.80. The van der Waals surface area contributed by atoms with Gasteiger partial charge in [-0.3, -0.25) is 4.98 Å². The van der Waals surface area contributed by atoms with E-state index in [0.717, 1.165) is 11.1 Å². The van der Waals surface area contributed by atoms with Gasteiger partial charge in [-0.2, -0.15) is 4.31 Å². The third-order valence-electron chi connectivity index (χ3n) is 3.58. The number of rotatable bonds is 4. The number of hydrogen-bond donors (Lipinski definition) is 0. The van der Waals surface area contributed by atoms with Crippen LogP contribution in [-0.4, -0.2) is 31.4 Å². The molecule has 0 radical (unpaired) electrons. The highest BCUT2D eigenvalue weighted by Crippen LogP contribution is 2.28. The first kappa shape index (κ1) is 14.6. The highest BCUT2D eigenvalue weighted by atomic mass is 32.2. The average molecular weight is 324 g/mol. The summed E-state index contributed by atoms with van der Waals surface area (Å²) < 4.78 is 32.2. The van der Waals surface area contributed by atoms with Gasteiger partial charge in [0.15, 0.2) is 0 Å². The molecule has 0 saturated heterocycles. The summed E-state index contributed by atoms with van der Waals surface area (Å²) in [6, 6.07) is 3.41. The predicted octanol–water partition coefficient (Wildman–Crippen LogP) is 2.04. The van der Waals surface area contributed by atoms with Crippen LogP contribution in [0.3, 0.4) is 0 Å². The number of thiophene rings is 1. The third kappa shape index (κ3) is 2.74. The predicted molar refractivity (Wildman–Crippen MR) is 80.6 cm³/mol. The number of ether oxygens (including phenoxy) is 1. The summed E-state index contributed by atoms with van der Waals surface area (Å²) in [5, 5.41) is 1.78. The van der Waals surface area contributed by atoms with Crippen LogP contribution in [0.1, 0.15) is 16.7 Å². The van der Waals surface area contributed by atoms with Crippen molar-refractivity contribution in [3.8, 4) is 0 Å². The highest BCUT2D eigenvalue weighted by Gasteiger charge is 2.29. The molecule has 0 bridgehead atoms. The second kappa shape index (κ2) is 5.84. The zero-order valence-corrected chi connectivity index (χ0v) is 13.3. The van der Waals surface area contributed by atoms with Gasteiger partial charge in [0.05, 0.1) is 6.61 Å². The lowest BCUT2D eigenvalue weighted by atomic mass is 9.99. The molecular weight excluding hydrogens is 308 g/mol. The van der Waals surface area contributed by atoms with Crippen molar-refractivity contribution in [2.75, 3.05) is 13.7 Å². The maximum absolute atomic E-state index is 12.6. The number of pyridine rings is 1. The van der Waals surface area contributed by atoms with Gasteiger partial charge in [0.1, 0.15) is 4.21 Å². The monoisotopic (exact) mass is 324 g/mol. The molecule has 3 heterocycles. The normalized spacial score (nSPS) is 15.9. The lowest BCUT2D eigenvalue weighted by molar-refractivity contribution is 0.183. The van der Waals surface area contributed by atoms with Gasteiger partial charge in [-0.25, -0.2) is 8.42 Å². The van der Waals surface area contributed by atoms with Gasteiger partial charge in [0, 0.05) is 32.6 Å². The molecule has 1 aliphatic rings. The van der Waals surface area contributed by atoms with E-state index in [1.807, 2.05) is 0 Å². The number of aromatic nitrogens is 1. The lowest BCUT2D eigenvalue weighted by Crippen LogP contribution is -2.36. The molecule has 0 amide bonds. The Bertz CT molecular complexity index is 727. The van der Waals surface area contributed by atoms with E-state index in [1.165, 1.54) is 21.2 Å². The fraction of sp³-hybridized carbons (Fsp3) is 0.357. The van der Waals surface area contributed by atoms with E-state index in [9.17, 15) is 8.42 Å². The maximum atomic E-state index is 12.6. The molecule has 7 heteroatoms. The summed E-state index contributed by atoms with van der Waals surface area (Å²) in [5.74, 6) is 0. The average Bonchev–Trinajstić information content (AvgIpc) is 3.02. The van der Waals surface area contributed by atoms with Gasteiger partial charge in [0.25, 0.3) is 10.0 Å². The maximum Gasteiger partial charge on any atom is 0.252 e. The highest BCUT2D eigenvalue weighted by molar-refractivity contribution is 7.91. The van der Waals surface area contributed by atoms with Crippen LogP contribution < -0.4 is 0 Å². The number of fused-ring (bicyclic) bond motifs is 1. The van der Waals surface area contributed by atoms with E-state index in [4.69, 9.17) is 4.74 Å². The minimum absolute atomic E-state index is 0.375. The van der Waals surface area contributed by atoms with Crippen LogP contribution in [0, 0.1) is 0 Å². The van der Waals surface area contributed by atoms with Crippen molar-refractivity contribution < 1.29 is 13.2 Å². The zero-order valence-electron chi connectivity index (χ0n) is 11.7. The minimum Gasteiger partial charge on any atom is -0.380 e. The van der Waals surface area contributed by atoms with E-state index in [2.05, 4.69) is 4.98 Å². The molecule has 0 aliphatic carbocycles. The molecule has 1 aliphatic heterocycles. The van der Waals surface area contributed by atoms with Crippen molar-refractivity contribution in [3.05, 3.63) is 46.6 Å². The molecule has 0 fully saturated rings. The summed E-state index contributed by atoms with van der Waals surface area (Å²) in [4.78, 5) is 4.20. The standard InChI is InChI=1S/C14H16N2O3S2/c1-19-10-12-8-15-7-11-9-16(5-4-13(11)12)21(17,18)14-3-2-6-20-14/h2-3,6-8H,4-5,9-10H2,1H3. The summed E-state index contributed by atoms with van der Waals surface area (Å²) in [6.07, 6.45) is 4.25. The molecule has 112 valence electrons. The van der Waals surface area contributed by atoms with E-state index in [-0.39, 0.29) is 0 Å². The molecule has 0 atom stereocenters. The first-order valence-corrected chi connectivity index (χ1v) is 8.92. The van der Waals surface area contributed by atoms with Gasteiger partial charge >= 0.3 is 0 Å². The van der Waals surface area contributed by atoms with Crippen molar-refractivity contribution in [1.29, 1.82) is 0 Å². The fourth-order valence-electron chi connectivity index (χ4n) is 2.56. The van der Waals surface area contributed by atoms with Crippen molar-refractivity contribution in [2.24, 2.45) is 0 Å². The molecule has 2 aromatic rings. The lowest BCUT2D eigenvalue weighted by Gasteiger charge is -2.28.